The lowest BCUT2D eigenvalue weighted by atomic mass is 9.88. The Morgan fingerprint density at radius 2 is 2.00 bits per heavy atom. The smallest absolute Gasteiger partial charge is 0.0386 e. The molecular formula is C17H23NS. The van der Waals surface area contributed by atoms with E-state index in [0.717, 1.165) is 6.54 Å². The number of hydrogen-bond acceptors (Lipinski definition) is 2. The number of nitrogens with one attached hydrogen (secondary N) is 1. The molecule has 1 nitrogen and oxygen atoms in total. The molecule has 0 radical (unpaired) electrons. The van der Waals surface area contributed by atoms with E-state index in [1.807, 2.05) is 11.3 Å². The van der Waals surface area contributed by atoms with Crippen molar-refractivity contribution in [2.75, 3.05) is 6.54 Å². The van der Waals surface area contributed by atoms with Gasteiger partial charge in [0.25, 0.3) is 0 Å². The highest BCUT2D eigenvalue weighted by atomic mass is 32.1. The van der Waals surface area contributed by atoms with Crippen LogP contribution < -0.4 is 5.32 Å². The highest BCUT2D eigenvalue weighted by Crippen LogP contribution is 2.37. The Bertz CT molecular complexity index is 518. The second kappa shape index (κ2) is 5.26. The van der Waals surface area contributed by atoms with Crippen molar-refractivity contribution < 1.29 is 0 Å². The average molecular weight is 273 g/mol. The van der Waals surface area contributed by atoms with E-state index in [9.17, 15) is 0 Å². The fourth-order valence-electron chi connectivity index (χ4n) is 3.12. The van der Waals surface area contributed by atoms with Gasteiger partial charge in [0, 0.05) is 22.2 Å². The third kappa shape index (κ3) is 2.85. The van der Waals surface area contributed by atoms with Crippen LogP contribution in [0.4, 0.5) is 0 Å². The molecule has 1 aromatic carbocycles. The van der Waals surface area contributed by atoms with Crippen LogP contribution in [0.1, 0.15) is 50.4 Å². The maximum Gasteiger partial charge on any atom is 0.0386 e. The van der Waals surface area contributed by atoms with Crippen LogP contribution in [0.25, 0.3) is 10.1 Å². The van der Waals surface area contributed by atoms with E-state index in [1.54, 1.807) is 0 Å². The summed E-state index contributed by atoms with van der Waals surface area (Å²) >= 11 is 1.92. The molecule has 1 aliphatic rings. The first-order valence-electron chi connectivity index (χ1n) is 7.38. The van der Waals surface area contributed by atoms with E-state index in [2.05, 4.69) is 49.5 Å². The lowest BCUT2D eigenvalue weighted by Gasteiger charge is -2.26. The minimum atomic E-state index is 0.467. The second-order valence-corrected chi connectivity index (χ2v) is 7.42. The van der Waals surface area contributed by atoms with Crippen LogP contribution in [0.15, 0.2) is 30.3 Å². The van der Waals surface area contributed by atoms with Crippen molar-refractivity contribution in [1.82, 2.24) is 5.32 Å². The van der Waals surface area contributed by atoms with E-state index in [0.29, 0.717) is 11.5 Å². The van der Waals surface area contributed by atoms with E-state index in [1.165, 1.54) is 40.6 Å². The first-order chi connectivity index (χ1) is 9.16. The van der Waals surface area contributed by atoms with Crippen molar-refractivity contribution in [3.63, 3.8) is 0 Å². The molecule has 2 aromatic rings. The molecule has 0 amide bonds. The van der Waals surface area contributed by atoms with Crippen molar-refractivity contribution in [3.8, 4) is 0 Å². The van der Waals surface area contributed by atoms with Gasteiger partial charge in [0.15, 0.2) is 0 Å². The number of fused-ring (bicyclic) bond motifs is 1. The Morgan fingerprint density at radius 3 is 2.74 bits per heavy atom. The van der Waals surface area contributed by atoms with Crippen LogP contribution in [0.3, 0.4) is 0 Å². The monoisotopic (exact) mass is 273 g/mol. The molecule has 0 aliphatic heterocycles. The zero-order valence-electron chi connectivity index (χ0n) is 11.9. The van der Waals surface area contributed by atoms with E-state index < -0.39 is 0 Å². The summed E-state index contributed by atoms with van der Waals surface area (Å²) in [4.78, 5) is 1.46. The van der Waals surface area contributed by atoms with Gasteiger partial charge in [-0.05, 0) is 42.7 Å². The van der Waals surface area contributed by atoms with Crippen molar-refractivity contribution >= 4 is 21.4 Å². The molecule has 1 saturated carbocycles. The summed E-state index contributed by atoms with van der Waals surface area (Å²) in [5.41, 5.74) is 0.533. The maximum atomic E-state index is 3.75. The fourth-order valence-corrected chi connectivity index (χ4v) is 4.21. The maximum absolute atomic E-state index is 3.75. The molecule has 19 heavy (non-hydrogen) atoms. The zero-order valence-corrected chi connectivity index (χ0v) is 12.7. The van der Waals surface area contributed by atoms with Crippen molar-refractivity contribution in [1.29, 1.82) is 0 Å². The Labute approximate surface area is 120 Å². The van der Waals surface area contributed by atoms with Crippen LogP contribution in [-0.4, -0.2) is 6.54 Å². The van der Waals surface area contributed by atoms with E-state index >= 15 is 0 Å². The molecule has 3 rings (SSSR count). The predicted octanol–water partition coefficient (Wildman–Crippen LogP) is 5.13. The molecule has 102 valence electrons. The van der Waals surface area contributed by atoms with Crippen LogP contribution >= 0.6 is 11.3 Å². The highest BCUT2D eigenvalue weighted by molar-refractivity contribution is 7.19. The first kappa shape index (κ1) is 13.1. The molecule has 0 bridgehead atoms. The largest absolute Gasteiger partial charge is 0.309 e. The molecule has 0 saturated heterocycles. The molecule has 1 N–H and O–H groups in total. The molecule has 0 spiro atoms. The molecular weight excluding hydrogens is 250 g/mol. The summed E-state index contributed by atoms with van der Waals surface area (Å²) in [5, 5.41) is 5.13. The zero-order chi connectivity index (χ0) is 13.3. The summed E-state index contributed by atoms with van der Waals surface area (Å²) < 4.78 is 1.40. The van der Waals surface area contributed by atoms with Gasteiger partial charge in [-0.2, -0.15) is 0 Å². The second-order valence-electron chi connectivity index (χ2n) is 6.31. The average Bonchev–Trinajstić information content (AvgIpc) is 3.02. The van der Waals surface area contributed by atoms with Crippen molar-refractivity contribution in [2.45, 2.75) is 45.6 Å². The number of rotatable bonds is 4. The molecule has 1 heterocycles. The highest BCUT2D eigenvalue weighted by Gasteiger charge is 2.28. The van der Waals surface area contributed by atoms with Gasteiger partial charge >= 0.3 is 0 Å². The summed E-state index contributed by atoms with van der Waals surface area (Å²) in [5.74, 6) is 0. The predicted molar refractivity (Wildman–Crippen MR) is 84.8 cm³/mol. The minimum Gasteiger partial charge on any atom is -0.309 e. The molecule has 1 unspecified atom stereocenters. The number of benzene rings is 1. The first-order valence-corrected chi connectivity index (χ1v) is 8.20. The summed E-state index contributed by atoms with van der Waals surface area (Å²) in [7, 11) is 0. The minimum absolute atomic E-state index is 0.467. The van der Waals surface area contributed by atoms with Gasteiger partial charge in [-0.15, -0.1) is 11.3 Å². The summed E-state index contributed by atoms with van der Waals surface area (Å²) in [6.07, 6.45) is 5.60. The van der Waals surface area contributed by atoms with Crippen LogP contribution in [0.5, 0.6) is 0 Å². The third-order valence-electron chi connectivity index (χ3n) is 4.52. The molecule has 1 atom stereocenters. The molecule has 1 aromatic heterocycles. The van der Waals surface area contributed by atoms with Crippen LogP contribution in [-0.2, 0) is 0 Å². The summed E-state index contributed by atoms with van der Waals surface area (Å²) in [6, 6.07) is 11.5. The van der Waals surface area contributed by atoms with Gasteiger partial charge in [-0.25, -0.2) is 0 Å². The van der Waals surface area contributed by atoms with Gasteiger partial charge in [0.2, 0.25) is 0 Å². The van der Waals surface area contributed by atoms with Crippen LogP contribution in [0.2, 0.25) is 0 Å². The Balaban J connectivity index is 1.68. The van der Waals surface area contributed by atoms with Crippen molar-refractivity contribution in [3.05, 3.63) is 35.2 Å². The van der Waals surface area contributed by atoms with E-state index in [-0.39, 0.29) is 0 Å². The van der Waals surface area contributed by atoms with Gasteiger partial charge in [-0.1, -0.05) is 38.0 Å². The topological polar surface area (TPSA) is 12.0 Å². The normalized spacial score (nSPS) is 19.9. The Morgan fingerprint density at radius 1 is 1.26 bits per heavy atom. The SMILES string of the molecule is CC(NCC1(C)CCCC1)c1cc2ccccc2s1. The van der Waals surface area contributed by atoms with Gasteiger partial charge in [-0.3, -0.25) is 0 Å². The molecule has 2 heteroatoms. The Kier molecular flexibility index (Phi) is 3.64. The summed E-state index contributed by atoms with van der Waals surface area (Å²) in [6.45, 7) is 5.88. The quantitative estimate of drug-likeness (QED) is 0.814. The van der Waals surface area contributed by atoms with E-state index in [4.69, 9.17) is 0 Å². The lowest BCUT2D eigenvalue weighted by Crippen LogP contribution is -2.31. The van der Waals surface area contributed by atoms with Crippen molar-refractivity contribution in [2.24, 2.45) is 5.41 Å². The lowest BCUT2D eigenvalue weighted by molar-refractivity contribution is 0.302. The fraction of sp³-hybridized carbons (Fsp3) is 0.529. The molecule has 1 fully saturated rings. The molecule has 1 aliphatic carbocycles. The number of thiophene rings is 1. The number of hydrogen-bond donors (Lipinski definition) is 1. The van der Waals surface area contributed by atoms with Crippen LogP contribution in [0, 0.1) is 5.41 Å². The standard InChI is InChI=1S/C17H23NS/c1-13(18-12-17(2)9-5-6-10-17)16-11-14-7-3-4-8-15(14)19-16/h3-4,7-8,11,13,18H,5-6,9-10,12H2,1-2H3. The van der Waals surface area contributed by atoms with Gasteiger partial charge < -0.3 is 5.32 Å². The third-order valence-corrected chi connectivity index (χ3v) is 5.82. The Hall–Kier alpha value is -0.860. The van der Waals surface area contributed by atoms with Gasteiger partial charge in [0.05, 0.1) is 0 Å². The van der Waals surface area contributed by atoms with Gasteiger partial charge in [0.1, 0.15) is 0 Å².